The molecule has 6 heteroatoms. The quantitative estimate of drug-likeness (QED) is 0.595. The molecule has 0 spiro atoms. The van der Waals surface area contributed by atoms with Gasteiger partial charge in [0.05, 0.1) is 0 Å². The summed E-state index contributed by atoms with van der Waals surface area (Å²) >= 11 is 0. The molecule has 0 aliphatic rings. The molecule has 1 aromatic heterocycles. The summed E-state index contributed by atoms with van der Waals surface area (Å²) in [6.07, 6.45) is 3.07. The van der Waals surface area contributed by atoms with Crippen LogP contribution in [0.15, 0.2) is 12.3 Å². The summed E-state index contributed by atoms with van der Waals surface area (Å²) in [5.41, 5.74) is 1.08. The maximum atomic E-state index is 12.2. The van der Waals surface area contributed by atoms with Crippen LogP contribution in [0.3, 0.4) is 0 Å². The summed E-state index contributed by atoms with van der Waals surface area (Å²) in [7, 11) is 1.79. The molecule has 23 heavy (non-hydrogen) atoms. The van der Waals surface area contributed by atoms with Crippen molar-refractivity contribution in [1.29, 1.82) is 0 Å². The number of pyridine rings is 1. The van der Waals surface area contributed by atoms with Crippen LogP contribution in [-0.2, 0) is 4.74 Å². The van der Waals surface area contributed by atoms with Gasteiger partial charge in [0.15, 0.2) is 5.78 Å². The van der Waals surface area contributed by atoms with E-state index in [0.717, 1.165) is 17.8 Å². The summed E-state index contributed by atoms with van der Waals surface area (Å²) in [5.74, 6) is 0.829. The minimum atomic E-state index is -0.496. The fourth-order valence-corrected chi connectivity index (χ4v) is 2.03. The second-order valence-electron chi connectivity index (χ2n) is 6.44. The van der Waals surface area contributed by atoms with Gasteiger partial charge in [0.1, 0.15) is 11.4 Å². The smallest absolute Gasteiger partial charge is 0.407 e. The minimum absolute atomic E-state index is 0.0786. The molecule has 0 saturated heterocycles. The van der Waals surface area contributed by atoms with Crippen molar-refractivity contribution < 1.29 is 14.3 Å². The van der Waals surface area contributed by atoms with Crippen molar-refractivity contribution in [2.24, 2.45) is 0 Å². The van der Waals surface area contributed by atoms with Gasteiger partial charge in [0.25, 0.3) is 0 Å². The van der Waals surface area contributed by atoms with Gasteiger partial charge < -0.3 is 15.4 Å². The SMILES string of the molecule is CNc1cc(C)c(C(=O)CCCCNC(=O)OC(C)(C)C)cn1. The number of unbranched alkanes of at least 4 members (excludes halogenated alkanes) is 1. The molecule has 0 bridgehead atoms. The predicted octanol–water partition coefficient (Wildman–Crippen LogP) is 3.31. The fraction of sp³-hybridized carbons (Fsp3) is 0.588. The standard InChI is InChI=1S/C17H27N3O3/c1-12-10-15(18-5)20-11-13(12)14(21)8-6-7-9-19-16(22)23-17(2,3)4/h10-11H,6-9H2,1-5H3,(H,18,20)(H,19,22). The van der Waals surface area contributed by atoms with Crippen LogP contribution in [0.1, 0.15) is 56.0 Å². The molecule has 0 radical (unpaired) electrons. The first-order valence-electron chi connectivity index (χ1n) is 7.87. The Hall–Kier alpha value is -2.11. The van der Waals surface area contributed by atoms with Gasteiger partial charge in [-0.25, -0.2) is 9.78 Å². The van der Waals surface area contributed by atoms with E-state index in [9.17, 15) is 9.59 Å². The predicted molar refractivity (Wildman–Crippen MR) is 90.9 cm³/mol. The number of hydrogen-bond donors (Lipinski definition) is 2. The van der Waals surface area contributed by atoms with Crippen molar-refractivity contribution in [1.82, 2.24) is 10.3 Å². The van der Waals surface area contributed by atoms with Crippen molar-refractivity contribution in [2.45, 2.75) is 52.6 Å². The highest BCUT2D eigenvalue weighted by atomic mass is 16.6. The van der Waals surface area contributed by atoms with Gasteiger partial charge in [-0.05, 0) is 52.2 Å². The molecular weight excluding hydrogens is 294 g/mol. The van der Waals surface area contributed by atoms with Gasteiger partial charge in [-0.2, -0.15) is 0 Å². The van der Waals surface area contributed by atoms with Crippen LogP contribution in [0.4, 0.5) is 10.6 Å². The van der Waals surface area contributed by atoms with Gasteiger partial charge in [-0.1, -0.05) is 0 Å². The van der Waals surface area contributed by atoms with Crippen LogP contribution in [-0.4, -0.2) is 36.1 Å². The van der Waals surface area contributed by atoms with E-state index in [2.05, 4.69) is 15.6 Å². The van der Waals surface area contributed by atoms with Crippen molar-refractivity contribution in [3.05, 3.63) is 23.4 Å². The largest absolute Gasteiger partial charge is 0.444 e. The van der Waals surface area contributed by atoms with Gasteiger partial charge in [0.2, 0.25) is 0 Å². The summed E-state index contributed by atoms with van der Waals surface area (Å²) in [5, 5.41) is 5.63. The van der Waals surface area contributed by atoms with Crippen molar-refractivity contribution in [2.75, 3.05) is 18.9 Å². The highest BCUT2D eigenvalue weighted by Crippen LogP contribution is 2.14. The number of nitrogens with zero attached hydrogens (tertiary/aromatic N) is 1. The highest BCUT2D eigenvalue weighted by Gasteiger charge is 2.15. The van der Waals surface area contributed by atoms with E-state index in [4.69, 9.17) is 4.74 Å². The Balaban J connectivity index is 2.31. The Morgan fingerprint density at radius 2 is 1.96 bits per heavy atom. The van der Waals surface area contributed by atoms with Gasteiger partial charge in [0, 0.05) is 31.8 Å². The normalized spacial score (nSPS) is 11.0. The third-order valence-electron chi connectivity index (χ3n) is 3.17. The first-order valence-corrected chi connectivity index (χ1v) is 7.87. The number of alkyl carbamates (subject to hydrolysis) is 1. The molecule has 0 aliphatic carbocycles. The summed E-state index contributed by atoms with van der Waals surface area (Å²) < 4.78 is 5.14. The van der Waals surface area contributed by atoms with Crippen LogP contribution in [0, 0.1) is 6.92 Å². The number of carbonyl (C=O) groups is 2. The zero-order chi connectivity index (χ0) is 17.5. The molecule has 0 unspecified atom stereocenters. The van der Waals surface area contributed by atoms with Gasteiger partial charge in [-0.15, -0.1) is 0 Å². The summed E-state index contributed by atoms with van der Waals surface area (Å²) in [6, 6.07) is 1.86. The second-order valence-corrected chi connectivity index (χ2v) is 6.44. The average molecular weight is 321 g/mol. The number of carbonyl (C=O) groups excluding carboxylic acids is 2. The van der Waals surface area contributed by atoms with Crippen LogP contribution in [0.2, 0.25) is 0 Å². The topological polar surface area (TPSA) is 80.3 Å². The lowest BCUT2D eigenvalue weighted by Crippen LogP contribution is -2.33. The number of aryl methyl sites for hydroxylation is 1. The number of ketones is 1. The van der Waals surface area contributed by atoms with E-state index in [0.29, 0.717) is 24.9 Å². The molecule has 0 aromatic carbocycles. The maximum absolute atomic E-state index is 12.2. The minimum Gasteiger partial charge on any atom is -0.444 e. The monoisotopic (exact) mass is 321 g/mol. The maximum Gasteiger partial charge on any atom is 0.407 e. The van der Waals surface area contributed by atoms with Gasteiger partial charge in [-0.3, -0.25) is 4.79 Å². The Labute approximate surface area is 138 Å². The third-order valence-corrected chi connectivity index (χ3v) is 3.17. The first-order chi connectivity index (χ1) is 10.7. The van der Waals surface area contributed by atoms with Gasteiger partial charge >= 0.3 is 6.09 Å². The first kappa shape index (κ1) is 18.9. The molecule has 1 rings (SSSR count). The van der Waals surface area contributed by atoms with Crippen LogP contribution >= 0.6 is 0 Å². The van der Waals surface area contributed by atoms with E-state index >= 15 is 0 Å². The molecule has 0 atom stereocenters. The van der Waals surface area contributed by atoms with E-state index in [1.165, 1.54) is 0 Å². The Kier molecular flexibility index (Phi) is 7.00. The average Bonchev–Trinajstić information content (AvgIpc) is 2.44. The zero-order valence-electron chi connectivity index (χ0n) is 14.7. The number of aromatic nitrogens is 1. The summed E-state index contributed by atoms with van der Waals surface area (Å²) in [6.45, 7) is 7.86. The lowest BCUT2D eigenvalue weighted by molar-refractivity contribution is 0.0527. The van der Waals surface area contributed by atoms with Crippen LogP contribution < -0.4 is 10.6 Å². The van der Waals surface area contributed by atoms with Crippen LogP contribution in [0.25, 0.3) is 0 Å². The van der Waals surface area contributed by atoms with E-state index < -0.39 is 11.7 Å². The highest BCUT2D eigenvalue weighted by molar-refractivity contribution is 5.97. The molecule has 1 aromatic rings. The van der Waals surface area contributed by atoms with Crippen molar-refractivity contribution >= 4 is 17.7 Å². The van der Waals surface area contributed by atoms with Crippen molar-refractivity contribution in [3.63, 3.8) is 0 Å². The lowest BCUT2D eigenvalue weighted by Gasteiger charge is -2.19. The number of amides is 1. The lowest BCUT2D eigenvalue weighted by atomic mass is 10.0. The number of Topliss-reactive ketones (excluding diaryl/α,β-unsaturated/α-hetero) is 1. The second kappa shape index (κ2) is 8.50. The Morgan fingerprint density at radius 1 is 1.26 bits per heavy atom. The number of ether oxygens (including phenoxy) is 1. The number of anilines is 1. The Morgan fingerprint density at radius 3 is 2.52 bits per heavy atom. The van der Waals surface area contributed by atoms with E-state index in [1.807, 2.05) is 33.8 Å². The fourth-order valence-electron chi connectivity index (χ4n) is 2.03. The molecule has 0 fully saturated rings. The molecule has 0 saturated carbocycles. The van der Waals surface area contributed by atoms with Crippen molar-refractivity contribution in [3.8, 4) is 0 Å². The molecule has 0 aliphatic heterocycles. The van der Waals surface area contributed by atoms with Crippen LogP contribution in [0.5, 0.6) is 0 Å². The molecule has 1 amide bonds. The van der Waals surface area contributed by atoms with E-state index in [1.54, 1.807) is 13.2 Å². The molecule has 128 valence electrons. The Bertz CT molecular complexity index is 551. The summed E-state index contributed by atoms with van der Waals surface area (Å²) in [4.78, 5) is 27.8. The molecule has 6 nitrogen and oxygen atoms in total. The number of hydrogen-bond acceptors (Lipinski definition) is 5. The zero-order valence-corrected chi connectivity index (χ0v) is 14.7. The molecule has 2 N–H and O–H groups in total. The van der Waals surface area contributed by atoms with E-state index in [-0.39, 0.29) is 5.78 Å². The number of nitrogens with one attached hydrogen (secondary N) is 2. The third kappa shape index (κ3) is 7.13. The molecule has 1 heterocycles. The molecular formula is C17H27N3O3. The number of rotatable bonds is 7.